The molecule has 4 aliphatic rings. The molecule has 4 bridgehead atoms. The number of carbonyl (C=O) groups excluding carboxylic acids is 2. The number of nitrogens with zero attached hydrogens (tertiary/aromatic N) is 3. The predicted molar refractivity (Wildman–Crippen MR) is 124 cm³/mol. The second-order valence-corrected chi connectivity index (χ2v) is 11.1. The number of aryl methyl sites for hydroxylation is 1. The fourth-order valence-electron chi connectivity index (χ4n) is 6.61. The molecule has 7 nitrogen and oxygen atoms in total. The Morgan fingerprint density at radius 1 is 1.19 bits per heavy atom. The summed E-state index contributed by atoms with van der Waals surface area (Å²) in [6, 6.07) is 7.36. The number of amides is 2. The van der Waals surface area contributed by atoms with Gasteiger partial charge < -0.3 is 15.2 Å². The van der Waals surface area contributed by atoms with E-state index < -0.39 is 0 Å². The molecule has 6 rings (SSSR count). The normalized spacial score (nSPS) is 29.0. The highest BCUT2D eigenvalue weighted by Crippen LogP contribution is 2.61. The lowest BCUT2D eigenvalue weighted by Gasteiger charge is -2.59. The molecule has 4 fully saturated rings. The molecule has 0 aliphatic heterocycles. The van der Waals surface area contributed by atoms with Crippen LogP contribution in [-0.2, 0) is 11.8 Å². The highest BCUT2D eigenvalue weighted by Gasteiger charge is 2.53. The lowest BCUT2D eigenvalue weighted by molar-refractivity contribution is -0.113. The monoisotopic (exact) mass is 453 g/mol. The maximum atomic E-state index is 13.1. The van der Waals surface area contributed by atoms with Crippen molar-refractivity contribution in [2.75, 3.05) is 11.1 Å². The zero-order valence-electron chi connectivity index (χ0n) is 18.7. The minimum Gasteiger partial charge on any atom is -0.349 e. The summed E-state index contributed by atoms with van der Waals surface area (Å²) in [4.78, 5) is 25.4. The molecule has 32 heavy (non-hydrogen) atoms. The van der Waals surface area contributed by atoms with Crippen LogP contribution in [0.25, 0.3) is 0 Å². The third-order valence-electron chi connectivity index (χ3n) is 7.76. The van der Waals surface area contributed by atoms with E-state index in [-0.39, 0.29) is 29.0 Å². The molecule has 1 unspecified atom stereocenters. The molecule has 1 atom stereocenters. The van der Waals surface area contributed by atoms with Crippen LogP contribution in [0.1, 0.15) is 55.8 Å². The smallest absolute Gasteiger partial charge is 0.251 e. The number of aromatic nitrogens is 3. The first-order valence-corrected chi connectivity index (χ1v) is 12.6. The Morgan fingerprint density at radius 2 is 1.88 bits per heavy atom. The van der Waals surface area contributed by atoms with Crippen LogP contribution in [-0.4, -0.2) is 38.4 Å². The number of carbonyl (C=O) groups is 2. The number of hydrogen-bond donors (Lipinski definition) is 2. The van der Waals surface area contributed by atoms with Crippen LogP contribution >= 0.6 is 11.8 Å². The molecule has 0 spiro atoms. The highest BCUT2D eigenvalue weighted by atomic mass is 32.2. The molecule has 2 N–H and O–H groups in total. The Kier molecular flexibility index (Phi) is 5.73. The zero-order valence-corrected chi connectivity index (χ0v) is 19.5. The van der Waals surface area contributed by atoms with Gasteiger partial charge in [0.15, 0.2) is 5.16 Å². The van der Waals surface area contributed by atoms with E-state index in [2.05, 4.69) is 27.8 Å². The SMILES string of the molecule is CC(NC(=O)c1cccc(NC(=O)CSc2nncn2C)c1)C12CC3CC(CC(C3)C1)C2. The molecule has 2 aromatic rings. The quantitative estimate of drug-likeness (QED) is 0.621. The minimum absolute atomic E-state index is 0.0576. The molecule has 1 heterocycles. The highest BCUT2D eigenvalue weighted by molar-refractivity contribution is 7.99. The van der Waals surface area contributed by atoms with Gasteiger partial charge in [-0.05, 0) is 86.8 Å². The molecule has 2 amide bonds. The number of nitrogens with one attached hydrogen (secondary N) is 2. The average Bonchev–Trinajstić information content (AvgIpc) is 3.16. The number of rotatable bonds is 7. The van der Waals surface area contributed by atoms with Crippen LogP contribution in [0.4, 0.5) is 5.69 Å². The molecule has 0 radical (unpaired) electrons. The zero-order chi connectivity index (χ0) is 22.3. The van der Waals surface area contributed by atoms with Gasteiger partial charge in [0.05, 0.1) is 5.75 Å². The second-order valence-electron chi connectivity index (χ2n) is 10.1. The van der Waals surface area contributed by atoms with E-state index in [1.807, 2.05) is 25.2 Å². The molecule has 0 saturated heterocycles. The third kappa shape index (κ3) is 4.29. The van der Waals surface area contributed by atoms with E-state index in [1.54, 1.807) is 17.0 Å². The van der Waals surface area contributed by atoms with E-state index >= 15 is 0 Å². The van der Waals surface area contributed by atoms with Crippen LogP contribution in [0.15, 0.2) is 35.7 Å². The van der Waals surface area contributed by atoms with E-state index in [1.165, 1.54) is 50.3 Å². The van der Waals surface area contributed by atoms with Crippen molar-refractivity contribution in [3.05, 3.63) is 36.2 Å². The Bertz CT molecular complexity index is 984. The topological polar surface area (TPSA) is 88.9 Å². The minimum atomic E-state index is -0.141. The van der Waals surface area contributed by atoms with Crippen molar-refractivity contribution >= 4 is 29.3 Å². The van der Waals surface area contributed by atoms with E-state index in [9.17, 15) is 9.59 Å². The summed E-state index contributed by atoms with van der Waals surface area (Å²) < 4.78 is 1.77. The predicted octanol–water partition coefficient (Wildman–Crippen LogP) is 3.88. The molecule has 8 heteroatoms. The van der Waals surface area contributed by atoms with Gasteiger partial charge >= 0.3 is 0 Å². The summed E-state index contributed by atoms with van der Waals surface area (Å²) in [6.45, 7) is 2.19. The summed E-state index contributed by atoms with van der Waals surface area (Å²) in [5.41, 5.74) is 1.48. The molecule has 4 aliphatic carbocycles. The van der Waals surface area contributed by atoms with Crippen LogP contribution in [0.2, 0.25) is 0 Å². The van der Waals surface area contributed by atoms with Crippen molar-refractivity contribution in [3.8, 4) is 0 Å². The van der Waals surface area contributed by atoms with Crippen LogP contribution in [0, 0.1) is 23.2 Å². The van der Waals surface area contributed by atoms with Gasteiger partial charge in [-0.25, -0.2) is 0 Å². The van der Waals surface area contributed by atoms with Crippen molar-refractivity contribution in [1.82, 2.24) is 20.1 Å². The first kappa shape index (κ1) is 21.5. The number of benzene rings is 1. The van der Waals surface area contributed by atoms with E-state index in [4.69, 9.17) is 0 Å². The molecule has 1 aromatic heterocycles. The van der Waals surface area contributed by atoms with Gasteiger partial charge in [0.1, 0.15) is 6.33 Å². The number of anilines is 1. The largest absolute Gasteiger partial charge is 0.349 e. The van der Waals surface area contributed by atoms with Gasteiger partial charge in [-0.3, -0.25) is 9.59 Å². The van der Waals surface area contributed by atoms with Crippen LogP contribution < -0.4 is 10.6 Å². The average molecular weight is 454 g/mol. The Morgan fingerprint density at radius 3 is 2.50 bits per heavy atom. The molecule has 4 saturated carbocycles. The van der Waals surface area contributed by atoms with Crippen molar-refractivity contribution < 1.29 is 9.59 Å². The summed E-state index contributed by atoms with van der Waals surface area (Å²) in [7, 11) is 1.84. The van der Waals surface area contributed by atoms with Crippen molar-refractivity contribution in [3.63, 3.8) is 0 Å². The molecular weight excluding hydrogens is 422 g/mol. The van der Waals surface area contributed by atoms with Crippen molar-refractivity contribution in [1.29, 1.82) is 0 Å². The number of thioether (sulfide) groups is 1. The molecular formula is C24H31N5O2S. The summed E-state index contributed by atoms with van der Waals surface area (Å²) in [5.74, 6) is 2.61. The van der Waals surface area contributed by atoms with Gasteiger partial charge in [0.25, 0.3) is 5.91 Å². The maximum Gasteiger partial charge on any atom is 0.251 e. The first-order valence-electron chi connectivity index (χ1n) is 11.6. The Labute approximate surface area is 193 Å². The van der Waals surface area contributed by atoms with Crippen molar-refractivity contribution in [2.24, 2.45) is 30.2 Å². The fraction of sp³-hybridized carbons (Fsp3) is 0.583. The van der Waals surface area contributed by atoms with Crippen LogP contribution in [0.5, 0.6) is 0 Å². The maximum absolute atomic E-state index is 13.1. The summed E-state index contributed by atoms with van der Waals surface area (Å²) >= 11 is 1.33. The second kappa shape index (κ2) is 8.54. The van der Waals surface area contributed by atoms with Gasteiger partial charge in [-0.2, -0.15) is 0 Å². The van der Waals surface area contributed by atoms with Crippen molar-refractivity contribution in [2.45, 2.75) is 56.6 Å². The third-order valence-corrected chi connectivity index (χ3v) is 8.80. The van der Waals surface area contributed by atoms with E-state index in [0.29, 0.717) is 16.4 Å². The fourth-order valence-corrected chi connectivity index (χ4v) is 7.30. The first-order chi connectivity index (χ1) is 15.4. The van der Waals surface area contributed by atoms with Gasteiger partial charge in [0.2, 0.25) is 5.91 Å². The Hall–Kier alpha value is -2.35. The van der Waals surface area contributed by atoms with Gasteiger partial charge in [-0.1, -0.05) is 17.8 Å². The summed E-state index contributed by atoms with van der Waals surface area (Å²) in [5, 5.41) is 14.7. The Balaban J connectivity index is 1.19. The van der Waals surface area contributed by atoms with E-state index in [0.717, 1.165) is 17.8 Å². The lowest BCUT2D eigenvalue weighted by Crippen LogP contribution is -2.55. The molecule has 170 valence electrons. The van der Waals surface area contributed by atoms with Crippen LogP contribution in [0.3, 0.4) is 0 Å². The standard InChI is InChI=1S/C24H31N5O2S/c1-15(24-10-16-6-17(11-24)8-18(7-16)12-24)26-22(31)19-4-3-5-20(9-19)27-21(30)13-32-23-28-25-14-29(23)2/h3-5,9,14-18H,6-8,10-13H2,1-2H3,(H,26,31)(H,27,30). The summed E-state index contributed by atoms with van der Waals surface area (Å²) in [6.07, 6.45) is 9.59. The number of hydrogen-bond acceptors (Lipinski definition) is 5. The van der Waals surface area contributed by atoms with Gasteiger partial charge in [0, 0.05) is 24.3 Å². The molecule has 1 aromatic carbocycles. The van der Waals surface area contributed by atoms with Gasteiger partial charge in [-0.15, -0.1) is 10.2 Å². The lowest BCUT2D eigenvalue weighted by atomic mass is 9.48.